The lowest BCUT2D eigenvalue weighted by Crippen LogP contribution is -2.12. The number of thiophene rings is 1. The molecule has 0 aliphatic carbocycles. The van der Waals surface area contributed by atoms with Crippen LogP contribution in [0.1, 0.15) is 38.0 Å². The molecule has 0 radical (unpaired) electrons. The Labute approximate surface area is 117 Å². The summed E-state index contributed by atoms with van der Waals surface area (Å²) in [5.74, 6) is 6.77. The highest BCUT2D eigenvalue weighted by Crippen LogP contribution is 2.30. The zero-order chi connectivity index (χ0) is 13.7. The fourth-order valence-corrected chi connectivity index (χ4v) is 2.89. The van der Waals surface area contributed by atoms with Crippen LogP contribution in [0.2, 0.25) is 0 Å². The minimum Gasteiger partial charge on any atom is -0.369 e. The molecule has 0 aliphatic rings. The maximum Gasteiger partial charge on any atom is 0.240 e. The van der Waals surface area contributed by atoms with Gasteiger partial charge in [-0.2, -0.15) is 4.98 Å². The van der Waals surface area contributed by atoms with Crippen molar-refractivity contribution < 1.29 is 0 Å². The largest absolute Gasteiger partial charge is 0.369 e. The number of unbranched alkanes of at least 4 members (excludes halogenated alkanes) is 2. The number of nitrogens with two attached hydrogens (primary N) is 1. The van der Waals surface area contributed by atoms with Crippen LogP contribution in [0.5, 0.6) is 0 Å². The van der Waals surface area contributed by atoms with Gasteiger partial charge in [0.25, 0.3) is 0 Å². The van der Waals surface area contributed by atoms with Crippen molar-refractivity contribution in [2.75, 3.05) is 17.3 Å². The number of hydrogen-bond donors (Lipinski definition) is 3. The van der Waals surface area contributed by atoms with Crippen LogP contribution in [0.4, 0.5) is 11.8 Å². The molecule has 0 atom stereocenters. The van der Waals surface area contributed by atoms with Gasteiger partial charge in [-0.3, -0.25) is 5.43 Å². The van der Waals surface area contributed by atoms with E-state index in [4.69, 9.17) is 5.84 Å². The Kier molecular flexibility index (Phi) is 4.93. The number of fused-ring (bicyclic) bond motifs is 1. The van der Waals surface area contributed by atoms with E-state index in [1.54, 1.807) is 11.3 Å². The van der Waals surface area contributed by atoms with Gasteiger partial charge in [-0.15, -0.1) is 11.3 Å². The zero-order valence-corrected chi connectivity index (χ0v) is 12.3. The molecule has 0 unspecified atom stereocenters. The van der Waals surface area contributed by atoms with Crippen LogP contribution in [0.15, 0.2) is 6.07 Å². The topological polar surface area (TPSA) is 75.9 Å². The number of hydrazine groups is 1. The first-order chi connectivity index (χ1) is 9.28. The number of rotatable bonds is 7. The quantitative estimate of drug-likeness (QED) is 0.412. The molecule has 2 aromatic heterocycles. The third kappa shape index (κ3) is 3.33. The molecule has 0 aromatic carbocycles. The maximum atomic E-state index is 5.43. The average molecular weight is 279 g/mol. The number of anilines is 2. The standard InChI is InChI=1S/C13H21N5S/c1-3-5-6-7-15-11-10-8-9(4-2)19-12(10)17-13(16-11)18-14/h8H,3-7,14H2,1-2H3,(H2,15,16,17,18). The summed E-state index contributed by atoms with van der Waals surface area (Å²) in [7, 11) is 0. The lowest BCUT2D eigenvalue weighted by atomic mass is 10.2. The summed E-state index contributed by atoms with van der Waals surface area (Å²) in [5, 5.41) is 4.49. The monoisotopic (exact) mass is 279 g/mol. The minimum atomic E-state index is 0.468. The van der Waals surface area contributed by atoms with Crippen LogP contribution in [0.3, 0.4) is 0 Å². The van der Waals surface area contributed by atoms with Gasteiger partial charge in [0.1, 0.15) is 10.6 Å². The SMILES string of the molecule is CCCCCNc1nc(NN)nc2sc(CC)cc12. The van der Waals surface area contributed by atoms with E-state index in [1.165, 1.54) is 17.7 Å². The Balaban J connectivity index is 2.25. The molecule has 0 spiro atoms. The Morgan fingerprint density at radius 2 is 2.11 bits per heavy atom. The molecule has 0 saturated carbocycles. The first-order valence-corrected chi connectivity index (χ1v) is 7.61. The summed E-state index contributed by atoms with van der Waals surface area (Å²) >= 11 is 1.70. The Hall–Kier alpha value is -1.40. The lowest BCUT2D eigenvalue weighted by Gasteiger charge is -2.07. The van der Waals surface area contributed by atoms with E-state index < -0.39 is 0 Å². The predicted molar refractivity (Wildman–Crippen MR) is 82.6 cm³/mol. The van der Waals surface area contributed by atoms with Crippen molar-refractivity contribution in [3.63, 3.8) is 0 Å². The summed E-state index contributed by atoms with van der Waals surface area (Å²) in [6.07, 6.45) is 4.61. The van der Waals surface area contributed by atoms with Gasteiger partial charge < -0.3 is 5.32 Å². The van der Waals surface area contributed by atoms with E-state index in [0.29, 0.717) is 5.95 Å². The summed E-state index contributed by atoms with van der Waals surface area (Å²) in [5.41, 5.74) is 2.53. The van der Waals surface area contributed by atoms with Crippen LogP contribution in [-0.4, -0.2) is 16.5 Å². The summed E-state index contributed by atoms with van der Waals surface area (Å²) < 4.78 is 0. The van der Waals surface area contributed by atoms with E-state index >= 15 is 0 Å². The number of nitrogens with zero attached hydrogens (tertiary/aromatic N) is 2. The molecule has 19 heavy (non-hydrogen) atoms. The molecule has 104 valence electrons. The molecular formula is C13H21N5S. The number of hydrogen-bond acceptors (Lipinski definition) is 6. The van der Waals surface area contributed by atoms with Crippen LogP contribution in [0.25, 0.3) is 10.2 Å². The molecule has 0 saturated heterocycles. The van der Waals surface area contributed by atoms with E-state index in [0.717, 1.165) is 35.4 Å². The second-order valence-corrected chi connectivity index (χ2v) is 5.57. The van der Waals surface area contributed by atoms with Crippen molar-refractivity contribution in [3.8, 4) is 0 Å². The summed E-state index contributed by atoms with van der Waals surface area (Å²) in [6, 6.07) is 2.17. The maximum absolute atomic E-state index is 5.43. The molecule has 2 rings (SSSR count). The molecule has 0 fully saturated rings. The Bertz CT molecular complexity index is 537. The fraction of sp³-hybridized carbons (Fsp3) is 0.538. The van der Waals surface area contributed by atoms with Gasteiger partial charge in [-0.05, 0) is 18.9 Å². The molecule has 0 bridgehead atoms. The molecular weight excluding hydrogens is 258 g/mol. The van der Waals surface area contributed by atoms with Crippen molar-refractivity contribution in [1.29, 1.82) is 0 Å². The van der Waals surface area contributed by atoms with Crippen molar-refractivity contribution >= 4 is 33.3 Å². The third-order valence-electron chi connectivity index (χ3n) is 2.99. The number of nitrogen functional groups attached to an aromatic ring is 1. The van der Waals surface area contributed by atoms with Crippen LogP contribution < -0.4 is 16.6 Å². The lowest BCUT2D eigenvalue weighted by molar-refractivity contribution is 0.742. The van der Waals surface area contributed by atoms with E-state index in [9.17, 15) is 0 Å². The summed E-state index contributed by atoms with van der Waals surface area (Å²) in [6.45, 7) is 5.28. The highest BCUT2D eigenvalue weighted by atomic mass is 32.1. The van der Waals surface area contributed by atoms with Crippen molar-refractivity contribution in [3.05, 3.63) is 10.9 Å². The molecule has 5 nitrogen and oxygen atoms in total. The Morgan fingerprint density at radius 1 is 1.26 bits per heavy atom. The van der Waals surface area contributed by atoms with Gasteiger partial charge in [-0.25, -0.2) is 10.8 Å². The van der Waals surface area contributed by atoms with E-state index in [-0.39, 0.29) is 0 Å². The zero-order valence-electron chi connectivity index (χ0n) is 11.5. The van der Waals surface area contributed by atoms with E-state index in [1.807, 2.05) is 0 Å². The second kappa shape index (κ2) is 6.68. The first kappa shape index (κ1) is 14.0. The van der Waals surface area contributed by atoms with Gasteiger partial charge in [0.15, 0.2) is 0 Å². The second-order valence-electron chi connectivity index (χ2n) is 4.46. The average Bonchev–Trinajstić information content (AvgIpc) is 2.86. The van der Waals surface area contributed by atoms with Crippen LogP contribution in [0, 0.1) is 0 Å². The predicted octanol–water partition coefficient (Wildman–Crippen LogP) is 3.14. The van der Waals surface area contributed by atoms with Crippen molar-refractivity contribution in [2.45, 2.75) is 39.5 Å². The number of aromatic nitrogens is 2. The minimum absolute atomic E-state index is 0.468. The van der Waals surface area contributed by atoms with Crippen molar-refractivity contribution in [2.24, 2.45) is 5.84 Å². The number of aryl methyl sites for hydroxylation is 1. The molecule has 0 aliphatic heterocycles. The van der Waals surface area contributed by atoms with Gasteiger partial charge in [-0.1, -0.05) is 26.7 Å². The van der Waals surface area contributed by atoms with E-state index in [2.05, 4.69) is 40.6 Å². The highest BCUT2D eigenvalue weighted by Gasteiger charge is 2.10. The van der Waals surface area contributed by atoms with Gasteiger partial charge >= 0.3 is 0 Å². The molecule has 0 amide bonds. The van der Waals surface area contributed by atoms with Gasteiger partial charge in [0.2, 0.25) is 5.95 Å². The van der Waals surface area contributed by atoms with Crippen molar-refractivity contribution in [1.82, 2.24) is 9.97 Å². The van der Waals surface area contributed by atoms with Gasteiger partial charge in [0, 0.05) is 11.4 Å². The molecule has 2 aromatic rings. The first-order valence-electron chi connectivity index (χ1n) is 6.79. The fourth-order valence-electron chi connectivity index (χ4n) is 1.93. The van der Waals surface area contributed by atoms with Gasteiger partial charge in [0.05, 0.1) is 5.39 Å². The Morgan fingerprint density at radius 3 is 2.79 bits per heavy atom. The molecule has 4 N–H and O–H groups in total. The summed E-state index contributed by atoms with van der Waals surface area (Å²) in [4.78, 5) is 11.1. The van der Waals surface area contributed by atoms with Crippen LogP contribution >= 0.6 is 11.3 Å². The molecule has 6 heteroatoms. The third-order valence-corrected chi connectivity index (χ3v) is 4.17. The normalized spacial score (nSPS) is 10.9. The van der Waals surface area contributed by atoms with Crippen LogP contribution in [-0.2, 0) is 6.42 Å². The number of nitrogens with one attached hydrogen (secondary N) is 2. The molecule has 2 heterocycles. The smallest absolute Gasteiger partial charge is 0.240 e. The highest BCUT2D eigenvalue weighted by molar-refractivity contribution is 7.18.